The Balaban J connectivity index is 2.16. The summed E-state index contributed by atoms with van der Waals surface area (Å²) in [4.78, 5) is 25.1. The fraction of sp³-hybridized carbons (Fsp3) is 0.294. The third-order valence-electron chi connectivity index (χ3n) is 4.23. The number of nitrogens with zero attached hydrogens (tertiary/aromatic N) is 1. The maximum Gasteiger partial charge on any atom is 0.352 e. The van der Waals surface area contributed by atoms with Crippen molar-refractivity contribution in [3.8, 4) is 5.75 Å². The van der Waals surface area contributed by atoms with Crippen LogP contribution in [0.4, 0.5) is 8.78 Å². The molecule has 3 aromatic rings. The number of carbonyl (C=O) groups is 1. The van der Waals surface area contributed by atoms with Gasteiger partial charge in [0.2, 0.25) is 5.43 Å². The summed E-state index contributed by atoms with van der Waals surface area (Å²) in [5.74, 6) is -3.38. The molecule has 4 rings (SSSR count). The third-order valence-corrected chi connectivity index (χ3v) is 5.38. The van der Waals surface area contributed by atoms with Gasteiger partial charge in [0.25, 0.3) is 0 Å². The van der Waals surface area contributed by atoms with Crippen LogP contribution in [0.3, 0.4) is 0 Å². The first-order valence-corrected chi connectivity index (χ1v) is 8.61. The number of benzene rings is 1. The maximum atomic E-state index is 13.7. The minimum absolute atomic E-state index is 0.0172. The average Bonchev–Trinajstić information content (AvgIpc) is 3.33. The van der Waals surface area contributed by atoms with Gasteiger partial charge >= 0.3 is 5.97 Å². The van der Waals surface area contributed by atoms with Gasteiger partial charge in [-0.05, 0) is 25.8 Å². The van der Waals surface area contributed by atoms with Gasteiger partial charge in [0, 0.05) is 17.5 Å². The largest absolute Gasteiger partial charge is 0.505 e. The van der Waals surface area contributed by atoms with Crippen LogP contribution >= 0.6 is 11.3 Å². The van der Waals surface area contributed by atoms with E-state index in [1.54, 1.807) is 11.5 Å². The van der Waals surface area contributed by atoms with Gasteiger partial charge in [0.1, 0.15) is 10.2 Å². The van der Waals surface area contributed by atoms with Gasteiger partial charge < -0.3 is 14.4 Å². The molecule has 0 unspecified atom stereocenters. The zero-order valence-electron chi connectivity index (χ0n) is 13.1. The molecule has 2 heterocycles. The van der Waals surface area contributed by atoms with E-state index in [4.69, 9.17) is 4.74 Å². The van der Waals surface area contributed by atoms with E-state index in [1.165, 1.54) is 0 Å². The highest BCUT2D eigenvalue weighted by molar-refractivity contribution is 7.21. The molecule has 1 aliphatic carbocycles. The Kier molecular flexibility index (Phi) is 3.54. The number of thiophene rings is 1. The molecular weight excluding hydrogens is 352 g/mol. The minimum Gasteiger partial charge on any atom is -0.505 e. The predicted octanol–water partition coefficient (Wildman–Crippen LogP) is 3.71. The van der Waals surface area contributed by atoms with Crippen molar-refractivity contribution in [2.45, 2.75) is 25.8 Å². The van der Waals surface area contributed by atoms with E-state index in [-0.39, 0.29) is 33.8 Å². The van der Waals surface area contributed by atoms with Crippen LogP contribution in [-0.4, -0.2) is 22.2 Å². The summed E-state index contributed by atoms with van der Waals surface area (Å²) in [6, 6.07) is 1.85. The SMILES string of the molecule is CCOC(=O)c1sc2c(c1O)c(=O)c1cc(F)c(F)cc1n2C1CC1. The number of hydrogen-bond donors (Lipinski definition) is 1. The molecule has 0 radical (unpaired) electrons. The van der Waals surface area contributed by atoms with Crippen LogP contribution in [-0.2, 0) is 4.74 Å². The Bertz CT molecular complexity index is 1100. The zero-order valence-corrected chi connectivity index (χ0v) is 14.0. The number of hydrogen-bond acceptors (Lipinski definition) is 5. The first kappa shape index (κ1) is 16.0. The molecule has 0 saturated heterocycles. The summed E-state index contributed by atoms with van der Waals surface area (Å²) in [5, 5.41) is 10.3. The van der Waals surface area contributed by atoms with Crippen LogP contribution in [0.1, 0.15) is 35.5 Å². The molecule has 1 aromatic carbocycles. The Morgan fingerprint density at radius 1 is 1.36 bits per heavy atom. The van der Waals surface area contributed by atoms with Gasteiger partial charge in [0.15, 0.2) is 22.3 Å². The van der Waals surface area contributed by atoms with E-state index < -0.39 is 28.8 Å². The van der Waals surface area contributed by atoms with Crippen LogP contribution in [0.2, 0.25) is 0 Å². The van der Waals surface area contributed by atoms with Gasteiger partial charge in [-0.2, -0.15) is 0 Å². The van der Waals surface area contributed by atoms with Crippen LogP contribution in [0.5, 0.6) is 5.75 Å². The molecule has 0 bridgehead atoms. The Morgan fingerprint density at radius 2 is 2.04 bits per heavy atom. The van der Waals surface area contributed by atoms with E-state index in [1.807, 2.05) is 0 Å². The lowest BCUT2D eigenvalue weighted by molar-refractivity contribution is 0.0529. The van der Waals surface area contributed by atoms with Crippen molar-refractivity contribution < 1.29 is 23.4 Å². The molecule has 0 amide bonds. The van der Waals surface area contributed by atoms with Crippen LogP contribution in [0, 0.1) is 11.6 Å². The fourth-order valence-corrected chi connectivity index (χ4v) is 4.15. The molecule has 1 saturated carbocycles. The number of esters is 1. The molecule has 130 valence electrons. The highest BCUT2D eigenvalue weighted by Crippen LogP contribution is 2.44. The van der Waals surface area contributed by atoms with Crippen molar-refractivity contribution in [3.05, 3.63) is 38.9 Å². The molecule has 1 fully saturated rings. The third kappa shape index (κ3) is 2.31. The Hall–Kier alpha value is -2.48. The normalized spacial score (nSPS) is 14.4. The van der Waals surface area contributed by atoms with E-state index in [2.05, 4.69) is 0 Å². The van der Waals surface area contributed by atoms with E-state index in [0.717, 1.165) is 36.3 Å². The molecule has 1 N–H and O–H groups in total. The summed E-state index contributed by atoms with van der Waals surface area (Å²) in [6.45, 7) is 1.75. The molecule has 0 atom stereocenters. The lowest BCUT2D eigenvalue weighted by atomic mass is 10.1. The Labute approximate surface area is 144 Å². The molecular formula is C17H13F2NO4S. The van der Waals surface area contributed by atoms with Gasteiger partial charge in [-0.1, -0.05) is 0 Å². The molecule has 1 aliphatic rings. The predicted molar refractivity (Wildman–Crippen MR) is 89.4 cm³/mol. The molecule has 0 aliphatic heterocycles. The second-order valence-corrected chi connectivity index (χ2v) is 6.89. The highest BCUT2D eigenvalue weighted by atomic mass is 32.1. The summed E-state index contributed by atoms with van der Waals surface area (Å²) < 4.78 is 34.0. The van der Waals surface area contributed by atoms with Crippen molar-refractivity contribution in [2.24, 2.45) is 0 Å². The quantitative estimate of drug-likeness (QED) is 0.719. The lowest BCUT2D eigenvalue weighted by Crippen LogP contribution is -2.10. The van der Waals surface area contributed by atoms with Gasteiger partial charge in [-0.3, -0.25) is 4.79 Å². The summed E-state index contributed by atoms with van der Waals surface area (Å²) >= 11 is 0.928. The second-order valence-electron chi connectivity index (χ2n) is 5.89. The topological polar surface area (TPSA) is 68.5 Å². The lowest BCUT2D eigenvalue weighted by Gasteiger charge is -2.12. The van der Waals surface area contributed by atoms with Crippen molar-refractivity contribution in [1.82, 2.24) is 4.57 Å². The monoisotopic (exact) mass is 365 g/mol. The highest BCUT2D eigenvalue weighted by Gasteiger charge is 2.31. The van der Waals surface area contributed by atoms with Crippen molar-refractivity contribution >= 4 is 38.4 Å². The van der Waals surface area contributed by atoms with E-state index >= 15 is 0 Å². The standard InChI is InChI=1S/C17H13F2NO4S/c1-2-24-17(23)15-14(22)12-13(21)8-5-9(18)10(19)6-11(8)20(7-3-4-7)16(12)25-15/h5-7,22H,2-4H2,1H3. The van der Waals surface area contributed by atoms with Crippen molar-refractivity contribution in [2.75, 3.05) is 6.61 Å². The molecule has 5 nitrogen and oxygen atoms in total. The zero-order chi connectivity index (χ0) is 17.9. The fourth-order valence-electron chi connectivity index (χ4n) is 2.98. The first-order chi connectivity index (χ1) is 11.9. The van der Waals surface area contributed by atoms with E-state index in [0.29, 0.717) is 4.83 Å². The number of aromatic nitrogens is 1. The molecule has 8 heteroatoms. The van der Waals surface area contributed by atoms with E-state index in [9.17, 15) is 23.5 Å². The molecule has 0 spiro atoms. The summed E-state index contributed by atoms with van der Waals surface area (Å²) in [6.07, 6.45) is 1.64. The number of halogens is 2. The second kappa shape index (κ2) is 5.52. The summed E-state index contributed by atoms with van der Waals surface area (Å²) in [5.41, 5.74) is -0.374. The maximum absolute atomic E-state index is 13.7. The van der Waals surface area contributed by atoms with Crippen molar-refractivity contribution in [1.29, 1.82) is 0 Å². The van der Waals surface area contributed by atoms with Crippen LogP contribution < -0.4 is 5.43 Å². The van der Waals surface area contributed by atoms with Gasteiger partial charge in [0.05, 0.1) is 12.1 Å². The average molecular weight is 365 g/mol. The van der Waals surface area contributed by atoms with Crippen LogP contribution in [0.25, 0.3) is 21.1 Å². The smallest absolute Gasteiger partial charge is 0.352 e. The van der Waals surface area contributed by atoms with Crippen molar-refractivity contribution in [3.63, 3.8) is 0 Å². The Morgan fingerprint density at radius 3 is 2.68 bits per heavy atom. The summed E-state index contributed by atoms with van der Waals surface area (Å²) in [7, 11) is 0. The number of carbonyl (C=O) groups excluding carboxylic acids is 1. The van der Waals surface area contributed by atoms with Gasteiger partial charge in [-0.15, -0.1) is 11.3 Å². The first-order valence-electron chi connectivity index (χ1n) is 7.79. The van der Waals surface area contributed by atoms with Gasteiger partial charge in [-0.25, -0.2) is 13.6 Å². The molecule has 25 heavy (non-hydrogen) atoms. The molecule has 2 aromatic heterocycles. The minimum atomic E-state index is -1.13. The number of fused-ring (bicyclic) bond motifs is 2. The van der Waals surface area contributed by atoms with Crippen LogP contribution in [0.15, 0.2) is 16.9 Å². The number of pyridine rings is 1. The number of aromatic hydroxyl groups is 1. The number of ether oxygens (including phenoxy) is 1. The number of rotatable bonds is 3.